The van der Waals surface area contributed by atoms with Crippen molar-refractivity contribution < 1.29 is 4.79 Å². The average molecular weight is 271 g/mol. The first-order valence-electron chi connectivity index (χ1n) is 6.69. The van der Waals surface area contributed by atoms with E-state index in [9.17, 15) is 4.79 Å². The number of fused-ring (bicyclic) bond motifs is 1. The molecule has 1 aromatic heterocycles. The lowest BCUT2D eigenvalue weighted by atomic mass is 10.2. The number of aromatic nitrogens is 3. The van der Waals surface area contributed by atoms with Gasteiger partial charge in [-0.2, -0.15) is 0 Å². The Labute approximate surface area is 117 Å². The van der Waals surface area contributed by atoms with Crippen molar-refractivity contribution in [3.05, 3.63) is 36.2 Å². The highest BCUT2D eigenvalue weighted by atomic mass is 16.2. The average Bonchev–Trinajstić information content (AvgIpc) is 2.91. The van der Waals surface area contributed by atoms with Crippen molar-refractivity contribution in [2.24, 2.45) is 0 Å². The van der Waals surface area contributed by atoms with Crippen molar-refractivity contribution in [2.45, 2.75) is 13.1 Å². The lowest BCUT2D eigenvalue weighted by Crippen LogP contribution is -2.42. The number of carbonyl (C=O) groups is 1. The molecule has 20 heavy (non-hydrogen) atoms. The molecule has 1 aliphatic rings. The van der Waals surface area contributed by atoms with Gasteiger partial charge in [-0.3, -0.25) is 4.79 Å². The minimum Gasteiger partial charge on any atom is -0.332 e. The van der Waals surface area contributed by atoms with E-state index in [4.69, 9.17) is 0 Å². The van der Waals surface area contributed by atoms with Gasteiger partial charge >= 0.3 is 0 Å². The summed E-state index contributed by atoms with van der Waals surface area (Å²) in [5, 5.41) is 11.4. The van der Waals surface area contributed by atoms with Gasteiger partial charge in [-0.25, -0.2) is 0 Å². The molecule has 1 amide bonds. The normalized spacial score (nSPS) is 14.2. The summed E-state index contributed by atoms with van der Waals surface area (Å²) < 4.78 is 2.10. The van der Waals surface area contributed by atoms with Crippen LogP contribution in [0, 0.1) is 0 Å². The molecule has 104 valence electrons. The topological polar surface area (TPSA) is 63.1 Å². The van der Waals surface area contributed by atoms with E-state index in [1.807, 2.05) is 35.2 Å². The first-order valence-corrected chi connectivity index (χ1v) is 6.69. The molecule has 0 spiro atoms. The van der Waals surface area contributed by atoms with Crippen LogP contribution in [0.4, 0.5) is 0 Å². The largest absolute Gasteiger partial charge is 0.332 e. The van der Waals surface area contributed by atoms with Crippen LogP contribution in [0.3, 0.4) is 0 Å². The van der Waals surface area contributed by atoms with Gasteiger partial charge in [0.15, 0.2) is 11.6 Å². The van der Waals surface area contributed by atoms with Gasteiger partial charge in [0.2, 0.25) is 5.91 Å². The number of amides is 1. The highest BCUT2D eigenvalue weighted by molar-refractivity contribution is 5.78. The standard InChI is InChI=1S/C14H17N5O/c1-15-9-13(20)18-7-8-19-12(10-18)16-17-14(19)11-5-3-2-4-6-11/h2-6,15H,7-10H2,1H3. The summed E-state index contributed by atoms with van der Waals surface area (Å²) in [6.07, 6.45) is 0. The molecule has 2 aromatic rings. The Morgan fingerprint density at radius 2 is 2.05 bits per heavy atom. The Kier molecular flexibility index (Phi) is 3.47. The molecular weight excluding hydrogens is 254 g/mol. The molecule has 2 heterocycles. The van der Waals surface area contributed by atoms with Crippen LogP contribution < -0.4 is 5.32 Å². The molecule has 1 aliphatic heterocycles. The van der Waals surface area contributed by atoms with Crippen molar-refractivity contribution >= 4 is 5.91 Å². The van der Waals surface area contributed by atoms with E-state index in [2.05, 4.69) is 20.1 Å². The third kappa shape index (κ3) is 2.30. The minimum absolute atomic E-state index is 0.100. The molecule has 6 nitrogen and oxygen atoms in total. The maximum atomic E-state index is 11.9. The fourth-order valence-corrected chi connectivity index (χ4v) is 2.43. The molecule has 3 rings (SSSR count). The molecule has 0 atom stereocenters. The summed E-state index contributed by atoms with van der Waals surface area (Å²) in [4.78, 5) is 13.7. The van der Waals surface area contributed by atoms with Gasteiger partial charge in [0, 0.05) is 18.7 Å². The van der Waals surface area contributed by atoms with E-state index < -0.39 is 0 Å². The zero-order chi connectivity index (χ0) is 13.9. The van der Waals surface area contributed by atoms with Crippen LogP contribution in [0.2, 0.25) is 0 Å². The van der Waals surface area contributed by atoms with Gasteiger partial charge in [0.25, 0.3) is 0 Å². The van der Waals surface area contributed by atoms with Crippen LogP contribution in [-0.2, 0) is 17.9 Å². The lowest BCUT2D eigenvalue weighted by Gasteiger charge is -2.27. The molecule has 6 heteroatoms. The second-order valence-electron chi connectivity index (χ2n) is 4.80. The van der Waals surface area contributed by atoms with E-state index in [-0.39, 0.29) is 5.91 Å². The molecule has 0 saturated carbocycles. The monoisotopic (exact) mass is 271 g/mol. The molecule has 0 aliphatic carbocycles. The summed E-state index contributed by atoms with van der Waals surface area (Å²) in [5.74, 6) is 1.82. The third-order valence-corrected chi connectivity index (χ3v) is 3.47. The first-order chi connectivity index (χ1) is 9.79. The Balaban J connectivity index is 1.84. The van der Waals surface area contributed by atoms with Gasteiger partial charge in [0.1, 0.15) is 0 Å². The molecular formula is C14H17N5O. The second kappa shape index (κ2) is 5.42. The number of nitrogens with zero attached hydrogens (tertiary/aromatic N) is 4. The summed E-state index contributed by atoms with van der Waals surface area (Å²) in [7, 11) is 1.78. The van der Waals surface area contributed by atoms with E-state index in [1.54, 1.807) is 7.05 Å². The van der Waals surface area contributed by atoms with Crippen LogP contribution >= 0.6 is 0 Å². The van der Waals surface area contributed by atoms with E-state index >= 15 is 0 Å². The van der Waals surface area contributed by atoms with E-state index in [0.29, 0.717) is 19.6 Å². The van der Waals surface area contributed by atoms with Crippen molar-refractivity contribution in [3.8, 4) is 11.4 Å². The van der Waals surface area contributed by atoms with Crippen molar-refractivity contribution in [1.82, 2.24) is 25.0 Å². The second-order valence-corrected chi connectivity index (χ2v) is 4.80. The molecule has 1 N–H and O–H groups in total. The van der Waals surface area contributed by atoms with Crippen LogP contribution in [0.1, 0.15) is 5.82 Å². The summed E-state index contributed by atoms with van der Waals surface area (Å²) in [6.45, 7) is 2.33. The number of rotatable bonds is 3. The Morgan fingerprint density at radius 1 is 1.25 bits per heavy atom. The predicted molar refractivity (Wildman–Crippen MR) is 74.8 cm³/mol. The number of benzene rings is 1. The maximum absolute atomic E-state index is 11.9. The Morgan fingerprint density at radius 3 is 2.80 bits per heavy atom. The minimum atomic E-state index is 0.100. The Bertz CT molecular complexity index is 607. The van der Waals surface area contributed by atoms with Gasteiger partial charge in [-0.1, -0.05) is 30.3 Å². The highest BCUT2D eigenvalue weighted by Gasteiger charge is 2.24. The third-order valence-electron chi connectivity index (χ3n) is 3.47. The summed E-state index contributed by atoms with van der Waals surface area (Å²) in [5.41, 5.74) is 1.06. The summed E-state index contributed by atoms with van der Waals surface area (Å²) in [6, 6.07) is 10.0. The van der Waals surface area contributed by atoms with Gasteiger partial charge in [0.05, 0.1) is 13.1 Å². The van der Waals surface area contributed by atoms with Crippen molar-refractivity contribution in [2.75, 3.05) is 20.1 Å². The van der Waals surface area contributed by atoms with Crippen molar-refractivity contribution in [1.29, 1.82) is 0 Å². The maximum Gasteiger partial charge on any atom is 0.236 e. The molecule has 0 fully saturated rings. The zero-order valence-corrected chi connectivity index (χ0v) is 11.4. The van der Waals surface area contributed by atoms with E-state index in [0.717, 1.165) is 23.8 Å². The van der Waals surface area contributed by atoms with Gasteiger partial charge in [-0.05, 0) is 7.05 Å². The number of carbonyl (C=O) groups excluding carboxylic acids is 1. The van der Waals surface area contributed by atoms with Crippen LogP contribution in [0.5, 0.6) is 0 Å². The quantitative estimate of drug-likeness (QED) is 0.883. The Hall–Kier alpha value is -2.21. The fraction of sp³-hybridized carbons (Fsp3) is 0.357. The molecule has 0 saturated heterocycles. The predicted octanol–water partition coefficient (Wildman–Crippen LogP) is 0.507. The van der Waals surface area contributed by atoms with E-state index in [1.165, 1.54) is 0 Å². The number of hydrogen-bond acceptors (Lipinski definition) is 4. The molecule has 0 radical (unpaired) electrons. The smallest absolute Gasteiger partial charge is 0.236 e. The first kappa shape index (κ1) is 12.8. The molecule has 0 unspecified atom stereocenters. The SMILES string of the molecule is CNCC(=O)N1CCn2c(nnc2-c2ccccc2)C1. The van der Waals surface area contributed by atoms with Gasteiger partial charge < -0.3 is 14.8 Å². The molecule has 0 bridgehead atoms. The van der Waals surface area contributed by atoms with Crippen LogP contribution in [-0.4, -0.2) is 45.7 Å². The number of likely N-dealkylation sites (N-methyl/N-ethyl adjacent to an activating group) is 1. The highest BCUT2D eigenvalue weighted by Crippen LogP contribution is 2.21. The van der Waals surface area contributed by atoms with Crippen LogP contribution in [0.25, 0.3) is 11.4 Å². The zero-order valence-electron chi connectivity index (χ0n) is 11.4. The number of hydrogen-bond donors (Lipinski definition) is 1. The van der Waals surface area contributed by atoms with Gasteiger partial charge in [-0.15, -0.1) is 10.2 Å². The molecule has 1 aromatic carbocycles. The fourth-order valence-electron chi connectivity index (χ4n) is 2.43. The van der Waals surface area contributed by atoms with Crippen LogP contribution in [0.15, 0.2) is 30.3 Å². The lowest BCUT2D eigenvalue weighted by molar-refractivity contribution is -0.131. The summed E-state index contributed by atoms with van der Waals surface area (Å²) >= 11 is 0. The number of nitrogens with one attached hydrogen (secondary N) is 1. The van der Waals surface area contributed by atoms with Crippen molar-refractivity contribution in [3.63, 3.8) is 0 Å².